The average molecular weight is 689 g/mol. The second-order valence-corrected chi connectivity index (χ2v) is 15.2. The van der Waals surface area contributed by atoms with Gasteiger partial charge in [-0.15, -0.1) is 0 Å². The SMILES string of the molecule is COC1C(Nc2cc(C)[nH]n2)=NC(Sc2ccc(S(=O)(=O)C(C)(C)c3c(F)c(F)cc(F)c3F)cc2F)NC1N1CCC(O)CC1. The Balaban J connectivity index is 1.45. The van der Waals surface area contributed by atoms with Crippen molar-refractivity contribution in [2.45, 2.75) is 72.0 Å². The number of methoxy groups -OCH3 is 1. The van der Waals surface area contributed by atoms with Crippen LogP contribution in [0.15, 0.2) is 45.1 Å². The Hall–Kier alpha value is -3.09. The number of aromatic amines is 1. The summed E-state index contributed by atoms with van der Waals surface area (Å²) < 4.78 is 103. The van der Waals surface area contributed by atoms with E-state index < -0.39 is 78.0 Å². The van der Waals surface area contributed by atoms with Crippen LogP contribution in [0.2, 0.25) is 0 Å². The molecule has 250 valence electrons. The number of piperidine rings is 1. The first-order valence-corrected chi connectivity index (χ1v) is 16.6. The van der Waals surface area contributed by atoms with Crippen molar-refractivity contribution in [3.8, 4) is 0 Å². The van der Waals surface area contributed by atoms with E-state index in [1.165, 1.54) is 13.2 Å². The number of nitrogens with one attached hydrogen (secondary N) is 3. The molecule has 3 aromatic rings. The Morgan fingerprint density at radius 3 is 2.26 bits per heavy atom. The molecular formula is C29H33F5N6O4S2. The van der Waals surface area contributed by atoms with Gasteiger partial charge in [-0.1, -0.05) is 11.8 Å². The highest BCUT2D eigenvalue weighted by Gasteiger charge is 2.44. The molecule has 1 saturated heterocycles. The van der Waals surface area contributed by atoms with Crippen molar-refractivity contribution >= 4 is 33.3 Å². The number of H-pyrrole nitrogens is 1. The first kappa shape index (κ1) is 34.3. The number of thioether (sulfide) groups is 1. The fraction of sp³-hybridized carbons (Fsp3) is 0.448. The van der Waals surface area contributed by atoms with Crippen LogP contribution in [0.5, 0.6) is 0 Å². The molecule has 5 rings (SSSR count). The molecule has 46 heavy (non-hydrogen) atoms. The van der Waals surface area contributed by atoms with Gasteiger partial charge in [0.15, 0.2) is 44.4 Å². The Morgan fingerprint density at radius 1 is 1.04 bits per heavy atom. The van der Waals surface area contributed by atoms with Crippen molar-refractivity contribution in [3.63, 3.8) is 0 Å². The van der Waals surface area contributed by atoms with Gasteiger partial charge in [0.2, 0.25) is 0 Å². The van der Waals surface area contributed by atoms with E-state index in [-0.39, 0.29) is 11.0 Å². The summed E-state index contributed by atoms with van der Waals surface area (Å²) in [6, 6.07) is 4.66. The molecule has 2 aliphatic rings. The third-order valence-corrected chi connectivity index (χ3v) is 11.5. The highest BCUT2D eigenvalue weighted by molar-refractivity contribution is 8.00. The zero-order valence-electron chi connectivity index (χ0n) is 25.2. The number of anilines is 1. The van der Waals surface area contributed by atoms with Crippen LogP contribution >= 0.6 is 11.8 Å². The zero-order valence-corrected chi connectivity index (χ0v) is 26.9. The van der Waals surface area contributed by atoms with Gasteiger partial charge >= 0.3 is 0 Å². The molecule has 10 nitrogen and oxygen atoms in total. The van der Waals surface area contributed by atoms with Crippen LogP contribution in [0.4, 0.5) is 27.8 Å². The normalized spacial score (nSPS) is 21.8. The van der Waals surface area contributed by atoms with E-state index in [0.717, 1.165) is 37.4 Å². The molecule has 0 bridgehead atoms. The van der Waals surface area contributed by atoms with Crippen molar-refractivity contribution in [2.75, 3.05) is 25.5 Å². The van der Waals surface area contributed by atoms with E-state index >= 15 is 4.39 Å². The summed E-state index contributed by atoms with van der Waals surface area (Å²) in [5, 5.41) is 23.6. The number of halogens is 5. The number of ether oxygens (including phenoxy) is 1. The molecule has 3 unspecified atom stereocenters. The highest BCUT2D eigenvalue weighted by atomic mass is 32.2. The fourth-order valence-electron chi connectivity index (χ4n) is 5.49. The first-order chi connectivity index (χ1) is 21.6. The molecule has 0 saturated carbocycles. The Labute approximate surface area is 266 Å². The molecule has 1 aromatic heterocycles. The minimum absolute atomic E-state index is 0.00851. The van der Waals surface area contributed by atoms with Gasteiger partial charge in [0.1, 0.15) is 22.5 Å². The molecule has 0 aliphatic carbocycles. The number of likely N-dealkylation sites (tertiary alicyclic amines) is 1. The molecule has 2 aliphatic heterocycles. The van der Waals surface area contributed by atoms with Crippen molar-refractivity contribution < 1.29 is 40.2 Å². The lowest BCUT2D eigenvalue weighted by atomic mass is 10.0. The lowest BCUT2D eigenvalue weighted by molar-refractivity contribution is -0.00418. The summed E-state index contributed by atoms with van der Waals surface area (Å²) in [5.74, 6) is -7.34. The van der Waals surface area contributed by atoms with E-state index in [1.54, 1.807) is 6.07 Å². The lowest BCUT2D eigenvalue weighted by Gasteiger charge is -2.43. The summed E-state index contributed by atoms with van der Waals surface area (Å²) in [7, 11) is -3.27. The maximum Gasteiger partial charge on any atom is 0.187 e. The van der Waals surface area contributed by atoms with Gasteiger partial charge < -0.3 is 15.2 Å². The van der Waals surface area contributed by atoms with E-state index in [1.807, 2.05) is 6.92 Å². The minimum Gasteiger partial charge on any atom is -0.393 e. The van der Waals surface area contributed by atoms with Crippen LogP contribution < -0.4 is 10.6 Å². The number of nitrogens with zero attached hydrogens (tertiary/aromatic N) is 3. The van der Waals surface area contributed by atoms with Crippen molar-refractivity contribution in [1.29, 1.82) is 0 Å². The molecule has 0 spiro atoms. The molecule has 3 atom stereocenters. The second kappa shape index (κ2) is 13.2. The van der Waals surface area contributed by atoms with E-state index in [9.17, 15) is 31.1 Å². The maximum absolute atomic E-state index is 15.6. The zero-order chi connectivity index (χ0) is 33.6. The van der Waals surface area contributed by atoms with Crippen LogP contribution in [-0.4, -0.2) is 78.5 Å². The predicted octanol–water partition coefficient (Wildman–Crippen LogP) is 4.41. The third-order valence-electron chi connectivity index (χ3n) is 8.07. The van der Waals surface area contributed by atoms with E-state index in [0.29, 0.717) is 43.7 Å². The number of aromatic nitrogens is 2. The maximum atomic E-state index is 15.6. The number of aliphatic hydroxyl groups excluding tert-OH is 1. The van der Waals surface area contributed by atoms with Crippen LogP contribution in [0.3, 0.4) is 0 Å². The highest BCUT2D eigenvalue weighted by Crippen LogP contribution is 2.40. The fourth-order valence-corrected chi connectivity index (χ4v) is 7.97. The van der Waals surface area contributed by atoms with Crippen LogP contribution in [0.1, 0.15) is 37.9 Å². The van der Waals surface area contributed by atoms with Gasteiger partial charge in [-0.05, 0) is 51.8 Å². The van der Waals surface area contributed by atoms with Gasteiger partial charge in [-0.3, -0.25) is 15.3 Å². The molecule has 3 heterocycles. The van der Waals surface area contributed by atoms with Crippen molar-refractivity contribution in [1.82, 2.24) is 20.4 Å². The lowest BCUT2D eigenvalue weighted by Crippen LogP contribution is -2.63. The predicted molar refractivity (Wildman–Crippen MR) is 161 cm³/mol. The summed E-state index contributed by atoms with van der Waals surface area (Å²) in [6.07, 6.45) is -0.387. The van der Waals surface area contributed by atoms with Crippen LogP contribution in [0, 0.1) is 36.0 Å². The summed E-state index contributed by atoms with van der Waals surface area (Å²) in [6.45, 7) is 4.69. The molecule has 0 amide bonds. The number of aliphatic imine (C=N–C) groups is 1. The first-order valence-electron chi connectivity index (χ1n) is 14.3. The number of hydrogen-bond donors (Lipinski definition) is 4. The topological polar surface area (TPSA) is 132 Å². The van der Waals surface area contributed by atoms with Gasteiger partial charge in [0.05, 0.1) is 22.7 Å². The quantitative estimate of drug-likeness (QED) is 0.201. The molecule has 17 heteroatoms. The largest absolute Gasteiger partial charge is 0.393 e. The summed E-state index contributed by atoms with van der Waals surface area (Å²) in [5.41, 5.74) is -1.34. The number of aliphatic hydroxyl groups is 1. The van der Waals surface area contributed by atoms with Gasteiger partial charge in [0.25, 0.3) is 0 Å². The minimum atomic E-state index is -4.79. The number of aryl methyl sites for hydroxylation is 1. The molecule has 1 fully saturated rings. The Bertz CT molecular complexity index is 1720. The van der Waals surface area contributed by atoms with Gasteiger partial charge in [-0.2, -0.15) is 5.10 Å². The standard InChI is InChI=1S/C29H33F5N6O4S2/c1-14-11-21(39-38-14)35-26-25(44-4)27(40-9-7-15(41)8-10-40)37-28(36-26)45-20-6-5-16(12-17(20)30)46(42,43)29(2,3)22-23(33)18(31)13-19(32)24(22)34/h5-6,11-13,15,25,27-28,37,41H,7-10H2,1-4H3,(H2,35,36,38,39). The molecular weight excluding hydrogens is 655 g/mol. The number of amidine groups is 1. The van der Waals surface area contributed by atoms with Crippen LogP contribution in [0.25, 0.3) is 0 Å². The van der Waals surface area contributed by atoms with Crippen LogP contribution in [-0.2, 0) is 19.3 Å². The van der Waals surface area contributed by atoms with E-state index in [2.05, 4.69) is 30.7 Å². The van der Waals surface area contributed by atoms with Gasteiger partial charge in [0, 0.05) is 42.9 Å². The van der Waals surface area contributed by atoms with Crippen molar-refractivity contribution in [2.24, 2.45) is 4.99 Å². The summed E-state index contributed by atoms with van der Waals surface area (Å²) >= 11 is 0.936. The Morgan fingerprint density at radius 2 is 1.70 bits per heavy atom. The smallest absolute Gasteiger partial charge is 0.187 e. The molecule has 4 N–H and O–H groups in total. The third kappa shape index (κ3) is 6.53. The number of benzene rings is 2. The monoisotopic (exact) mass is 688 g/mol. The molecule has 0 radical (unpaired) electrons. The van der Waals surface area contributed by atoms with Gasteiger partial charge in [-0.25, -0.2) is 35.4 Å². The number of hydrogen-bond acceptors (Lipinski definition) is 10. The van der Waals surface area contributed by atoms with E-state index in [4.69, 9.17) is 4.74 Å². The number of rotatable bonds is 8. The Kier molecular flexibility index (Phi) is 9.82. The number of sulfone groups is 1. The molecule has 2 aromatic carbocycles. The second-order valence-electron chi connectivity index (χ2n) is 11.5. The van der Waals surface area contributed by atoms with Crippen molar-refractivity contribution in [3.05, 3.63) is 70.7 Å². The summed E-state index contributed by atoms with van der Waals surface area (Å²) in [4.78, 5) is 6.11. The average Bonchev–Trinajstić information content (AvgIpc) is 3.41.